The van der Waals surface area contributed by atoms with Crippen molar-refractivity contribution >= 4 is 11.9 Å². The van der Waals surface area contributed by atoms with Crippen LogP contribution in [0.2, 0.25) is 0 Å². The predicted octanol–water partition coefficient (Wildman–Crippen LogP) is 4.83. The normalized spacial score (nSPS) is 19.7. The second-order valence-electron chi connectivity index (χ2n) is 7.58. The number of hydrogen-bond donors (Lipinski definition) is 0. The summed E-state index contributed by atoms with van der Waals surface area (Å²) in [4.78, 5) is 23.0. The van der Waals surface area contributed by atoms with Crippen molar-refractivity contribution in [1.29, 1.82) is 0 Å². The number of benzene rings is 2. The lowest BCUT2D eigenvalue weighted by Gasteiger charge is -2.22. The zero-order valence-electron chi connectivity index (χ0n) is 18.3. The van der Waals surface area contributed by atoms with Gasteiger partial charge in [-0.2, -0.15) is 0 Å². The minimum absolute atomic E-state index is 0.0745. The Morgan fingerprint density at radius 3 is 1.97 bits per heavy atom. The fourth-order valence-corrected chi connectivity index (χ4v) is 4.57. The van der Waals surface area contributed by atoms with Crippen molar-refractivity contribution in [3.63, 3.8) is 0 Å². The molecule has 0 radical (unpaired) electrons. The summed E-state index contributed by atoms with van der Waals surface area (Å²) in [6.45, 7) is 7.13. The molecule has 0 aliphatic heterocycles. The first-order valence-electron chi connectivity index (χ1n) is 10.1. The molecule has 0 saturated carbocycles. The van der Waals surface area contributed by atoms with Gasteiger partial charge in [0.25, 0.3) is 0 Å². The van der Waals surface area contributed by atoms with E-state index < -0.39 is 11.9 Å². The van der Waals surface area contributed by atoms with Gasteiger partial charge in [0.15, 0.2) is 23.0 Å². The van der Waals surface area contributed by atoms with E-state index in [4.69, 9.17) is 18.9 Å². The summed E-state index contributed by atoms with van der Waals surface area (Å²) in [5.74, 6) is 1.80. The Morgan fingerprint density at radius 1 is 0.833 bits per heavy atom. The molecule has 0 fully saturated rings. The molecule has 3 rings (SSSR count). The third-order valence-corrected chi connectivity index (χ3v) is 5.76. The predicted molar refractivity (Wildman–Crippen MR) is 113 cm³/mol. The second kappa shape index (κ2) is 8.78. The number of rotatable bonds is 6. The molecule has 0 bridgehead atoms. The van der Waals surface area contributed by atoms with Crippen molar-refractivity contribution < 1.29 is 28.5 Å². The SMILES string of the molecule is CCC1c2cc(OC)c(OC(C)=O)cc2C(c2ccc(OC(C)=O)c(OC)c2)C1C. The van der Waals surface area contributed by atoms with Crippen LogP contribution in [0.25, 0.3) is 0 Å². The average Bonchev–Trinajstić information content (AvgIpc) is 2.97. The maximum atomic E-state index is 11.6. The van der Waals surface area contributed by atoms with Crippen LogP contribution < -0.4 is 18.9 Å². The smallest absolute Gasteiger partial charge is 0.308 e. The lowest BCUT2D eigenvalue weighted by atomic mass is 9.83. The van der Waals surface area contributed by atoms with Gasteiger partial charge >= 0.3 is 11.9 Å². The van der Waals surface area contributed by atoms with Gasteiger partial charge in [0.1, 0.15) is 0 Å². The van der Waals surface area contributed by atoms with Crippen molar-refractivity contribution in [2.45, 2.75) is 46.0 Å². The molecule has 1 aliphatic carbocycles. The van der Waals surface area contributed by atoms with Crippen LogP contribution in [0.1, 0.15) is 62.6 Å². The van der Waals surface area contributed by atoms with Crippen molar-refractivity contribution in [2.75, 3.05) is 14.2 Å². The van der Waals surface area contributed by atoms with Crippen molar-refractivity contribution in [2.24, 2.45) is 5.92 Å². The highest BCUT2D eigenvalue weighted by molar-refractivity contribution is 5.72. The van der Waals surface area contributed by atoms with Gasteiger partial charge in [-0.15, -0.1) is 0 Å². The van der Waals surface area contributed by atoms with E-state index in [1.54, 1.807) is 20.3 Å². The van der Waals surface area contributed by atoms with E-state index in [2.05, 4.69) is 13.8 Å². The molecule has 3 unspecified atom stereocenters. The monoisotopic (exact) mass is 412 g/mol. The molecular formula is C24H28O6. The van der Waals surface area contributed by atoms with Gasteiger partial charge in [0, 0.05) is 19.8 Å². The van der Waals surface area contributed by atoms with Crippen LogP contribution in [0, 0.1) is 5.92 Å². The van der Waals surface area contributed by atoms with Gasteiger partial charge < -0.3 is 18.9 Å². The van der Waals surface area contributed by atoms with Gasteiger partial charge in [-0.1, -0.05) is 19.9 Å². The number of fused-ring (bicyclic) bond motifs is 1. The van der Waals surface area contributed by atoms with E-state index in [1.165, 1.54) is 19.4 Å². The molecule has 0 amide bonds. The van der Waals surface area contributed by atoms with Gasteiger partial charge in [0.05, 0.1) is 14.2 Å². The Bertz CT molecular complexity index is 964. The van der Waals surface area contributed by atoms with Crippen LogP contribution in [0.4, 0.5) is 0 Å². The topological polar surface area (TPSA) is 71.1 Å². The van der Waals surface area contributed by atoms with Crippen molar-refractivity contribution in [1.82, 2.24) is 0 Å². The molecule has 2 aromatic rings. The Morgan fingerprint density at radius 2 is 1.40 bits per heavy atom. The molecule has 6 nitrogen and oxygen atoms in total. The summed E-state index contributed by atoms with van der Waals surface area (Å²) in [5.41, 5.74) is 3.35. The first-order valence-corrected chi connectivity index (χ1v) is 10.1. The average molecular weight is 412 g/mol. The summed E-state index contributed by atoms with van der Waals surface area (Å²) in [6, 6.07) is 9.54. The Labute approximate surface area is 177 Å². The first-order chi connectivity index (χ1) is 14.3. The van der Waals surface area contributed by atoms with Crippen LogP contribution in [-0.4, -0.2) is 26.2 Å². The van der Waals surface area contributed by atoms with Gasteiger partial charge in [0.2, 0.25) is 0 Å². The molecular weight excluding hydrogens is 384 g/mol. The second-order valence-corrected chi connectivity index (χ2v) is 7.58. The van der Waals surface area contributed by atoms with Gasteiger partial charge in [-0.25, -0.2) is 0 Å². The number of esters is 2. The molecule has 6 heteroatoms. The van der Waals surface area contributed by atoms with Crippen LogP contribution >= 0.6 is 0 Å². The quantitative estimate of drug-likeness (QED) is 0.500. The number of hydrogen-bond acceptors (Lipinski definition) is 6. The maximum Gasteiger partial charge on any atom is 0.308 e. The molecule has 160 valence electrons. The standard InChI is InChI=1S/C24H28O6/c1-7-17-13(2)24(16-8-9-20(29-14(3)25)21(10-16)27-5)19-12-23(30-15(4)26)22(28-6)11-18(17)19/h8-13,17,24H,7H2,1-6H3. The van der Waals surface area contributed by atoms with E-state index in [0.717, 1.165) is 17.5 Å². The highest BCUT2D eigenvalue weighted by atomic mass is 16.6. The van der Waals surface area contributed by atoms with Crippen LogP contribution in [0.3, 0.4) is 0 Å². The van der Waals surface area contributed by atoms with Crippen LogP contribution in [-0.2, 0) is 9.59 Å². The fraction of sp³-hybridized carbons (Fsp3) is 0.417. The van der Waals surface area contributed by atoms with Crippen LogP contribution in [0.5, 0.6) is 23.0 Å². The number of carbonyl (C=O) groups excluding carboxylic acids is 2. The van der Waals surface area contributed by atoms with Gasteiger partial charge in [-0.05, 0) is 59.2 Å². The number of methoxy groups -OCH3 is 2. The van der Waals surface area contributed by atoms with Gasteiger partial charge in [-0.3, -0.25) is 9.59 Å². The summed E-state index contributed by atoms with van der Waals surface area (Å²) in [7, 11) is 3.13. The molecule has 1 aliphatic rings. The Balaban J connectivity index is 2.13. The van der Waals surface area contributed by atoms with Crippen molar-refractivity contribution in [3.05, 3.63) is 47.0 Å². The van der Waals surface area contributed by atoms with E-state index in [9.17, 15) is 9.59 Å². The van der Waals surface area contributed by atoms with E-state index in [0.29, 0.717) is 34.8 Å². The van der Waals surface area contributed by atoms with Crippen molar-refractivity contribution in [3.8, 4) is 23.0 Å². The maximum absolute atomic E-state index is 11.6. The minimum atomic E-state index is -0.398. The summed E-state index contributed by atoms with van der Waals surface area (Å²) < 4.78 is 21.6. The Kier molecular flexibility index (Phi) is 6.34. The number of carbonyl (C=O) groups is 2. The molecule has 30 heavy (non-hydrogen) atoms. The minimum Gasteiger partial charge on any atom is -0.493 e. The molecule has 0 aromatic heterocycles. The molecule has 0 N–H and O–H groups in total. The van der Waals surface area contributed by atoms with E-state index in [-0.39, 0.29) is 5.92 Å². The highest BCUT2D eigenvalue weighted by Crippen LogP contribution is 2.54. The third-order valence-electron chi connectivity index (χ3n) is 5.76. The summed E-state index contributed by atoms with van der Waals surface area (Å²) >= 11 is 0. The summed E-state index contributed by atoms with van der Waals surface area (Å²) in [6.07, 6.45) is 0.976. The molecule has 0 saturated heterocycles. The summed E-state index contributed by atoms with van der Waals surface area (Å²) in [5, 5.41) is 0. The number of ether oxygens (including phenoxy) is 4. The highest BCUT2D eigenvalue weighted by Gasteiger charge is 2.39. The fourth-order valence-electron chi connectivity index (χ4n) is 4.57. The van der Waals surface area contributed by atoms with E-state index in [1.807, 2.05) is 24.3 Å². The molecule has 3 atom stereocenters. The first kappa shape index (κ1) is 21.7. The zero-order valence-corrected chi connectivity index (χ0v) is 18.3. The molecule has 0 spiro atoms. The molecule has 2 aromatic carbocycles. The molecule has 0 heterocycles. The zero-order chi connectivity index (χ0) is 22.0. The largest absolute Gasteiger partial charge is 0.493 e. The van der Waals surface area contributed by atoms with E-state index >= 15 is 0 Å². The van der Waals surface area contributed by atoms with Crippen LogP contribution in [0.15, 0.2) is 30.3 Å². The lowest BCUT2D eigenvalue weighted by Crippen LogP contribution is -2.10. The third kappa shape index (κ3) is 3.99. The Hall–Kier alpha value is -3.02. The lowest BCUT2D eigenvalue weighted by molar-refractivity contribution is -0.132.